The van der Waals surface area contributed by atoms with Crippen LogP contribution in [0.3, 0.4) is 0 Å². The van der Waals surface area contributed by atoms with Crippen molar-refractivity contribution >= 4 is 0 Å². The van der Waals surface area contributed by atoms with E-state index in [0.717, 1.165) is 17.7 Å². The molecular formula is C15H21NO. The molecule has 0 saturated carbocycles. The first-order valence-corrected chi connectivity index (χ1v) is 6.36. The van der Waals surface area contributed by atoms with E-state index in [2.05, 4.69) is 31.2 Å². The Morgan fingerprint density at radius 1 is 1.41 bits per heavy atom. The fourth-order valence-electron chi connectivity index (χ4n) is 2.17. The molecule has 0 spiro atoms. The molecule has 0 heterocycles. The normalized spacial score (nSPS) is 21.2. The Balaban J connectivity index is 2.19. The molecule has 0 radical (unpaired) electrons. The third kappa shape index (κ3) is 3.10. The Kier molecular flexibility index (Phi) is 3.85. The molecule has 1 aliphatic carbocycles. The van der Waals surface area contributed by atoms with Crippen molar-refractivity contribution < 1.29 is 4.74 Å². The van der Waals surface area contributed by atoms with Crippen LogP contribution >= 0.6 is 0 Å². The smallest absolute Gasteiger partial charge is 0.124 e. The lowest BCUT2D eigenvalue weighted by molar-refractivity contribution is 0.227. The van der Waals surface area contributed by atoms with Gasteiger partial charge in [-0.25, -0.2) is 0 Å². The van der Waals surface area contributed by atoms with Crippen molar-refractivity contribution in [2.45, 2.75) is 45.3 Å². The van der Waals surface area contributed by atoms with Gasteiger partial charge >= 0.3 is 0 Å². The number of nitrogens with two attached hydrogens (primary N) is 1. The Morgan fingerprint density at radius 3 is 2.88 bits per heavy atom. The highest BCUT2D eigenvalue weighted by Crippen LogP contribution is 2.27. The molecule has 2 N–H and O–H groups in total. The lowest BCUT2D eigenvalue weighted by Crippen LogP contribution is -2.18. The van der Waals surface area contributed by atoms with Crippen LogP contribution in [0.25, 0.3) is 0 Å². The van der Waals surface area contributed by atoms with E-state index in [1.54, 1.807) is 0 Å². The number of aryl methyl sites for hydroxylation is 1. The first-order chi connectivity index (χ1) is 8.16. The van der Waals surface area contributed by atoms with Crippen LogP contribution in [0.15, 0.2) is 30.4 Å². The van der Waals surface area contributed by atoms with Gasteiger partial charge in [0.2, 0.25) is 0 Å². The third-order valence-electron chi connectivity index (χ3n) is 3.14. The minimum absolute atomic E-state index is 0.0115. The molecule has 0 fully saturated rings. The lowest BCUT2D eigenvalue weighted by Gasteiger charge is -2.22. The van der Waals surface area contributed by atoms with Gasteiger partial charge in [0.25, 0.3) is 0 Å². The van der Waals surface area contributed by atoms with E-state index in [1.165, 1.54) is 18.4 Å². The second kappa shape index (κ2) is 5.37. The summed E-state index contributed by atoms with van der Waals surface area (Å²) >= 11 is 0. The van der Waals surface area contributed by atoms with E-state index < -0.39 is 0 Å². The van der Waals surface area contributed by atoms with E-state index in [0.29, 0.717) is 0 Å². The van der Waals surface area contributed by atoms with E-state index in [-0.39, 0.29) is 12.1 Å². The van der Waals surface area contributed by atoms with Gasteiger partial charge in [-0.1, -0.05) is 23.8 Å². The number of allylic oxidation sites excluding steroid dienone is 1. The monoisotopic (exact) mass is 231 g/mol. The topological polar surface area (TPSA) is 35.2 Å². The van der Waals surface area contributed by atoms with Crippen molar-refractivity contribution in [2.75, 3.05) is 0 Å². The zero-order valence-corrected chi connectivity index (χ0v) is 10.6. The molecule has 0 amide bonds. The molecule has 0 aliphatic heterocycles. The van der Waals surface area contributed by atoms with Crippen LogP contribution in [0.1, 0.15) is 43.4 Å². The molecule has 2 nitrogen and oxygen atoms in total. The summed E-state index contributed by atoms with van der Waals surface area (Å²) in [6, 6.07) is 6.24. The van der Waals surface area contributed by atoms with Crippen molar-refractivity contribution in [1.82, 2.24) is 0 Å². The van der Waals surface area contributed by atoms with Gasteiger partial charge in [0, 0.05) is 11.6 Å². The Morgan fingerprint density at radius 2 is 2.24 bits per heavy atom. The molecule has 1 aliphatic rings. The summed E-state index contributed by atoms with van der Waals surface area (Å²) in [4.78, 5) is 0. The van der Waals surface area contributed by atoms with E-state index in [1.807, 2.05) is 13.0 Å². The van der Waals surface area contributed by atoms with Gasteiger partial charge in [-0.15, -0.1) is 0 Å². The van der Waals surface area contributed by atoms with Crippen LogP contribution in [-0.4, -0.2) is 6.10 Å². The zero-order valence-electron chi connectivity index (χ0n) is 10.6. The summed E-state index contributed by atoms with van der Waals surface area (Å²) < 4.78 is 6.04. The Labute approximate surface area is 103 Å². The van der Waals surface area contributed by atoms with Gasteiger partial charge in [-0.3, -0.25) is 0 Å². The number of hydrogen-bond acceptors (Lipinski definition) is 2. The maximum absolute atomic E-state index is 6.04. The van der Waals surface area contributed by atoms with Crippen LogP contribution in [0.2, 0.25) is 0 Å². The van der Waals surface area contributed by atoms with Gasteiger partial charge in [0.05, 0.1) is 0 Å². The molecule has 2 atom stereocenters. The largest absolute Gasteiger partial charge is 0.486 e. The Hall–Kier alpha value is -1.28. The molecule has 0 bridgehead atoms. The predicted molar refractivity (Wildman–Crippen MR) is 71.2 cm³/mol. The fraction of sp³-hybridized carbons (Fsp3) is 0.467. The van der Waals surface area contributed by atoms with Crippen molar-refractivity contribution in [3.8, 4) is 5.75 Å². The average molecular weight is 231 g/mol. The average Bonchev–Trinajstić information content (AvgIpc) is 2.32. The SMILES string of the molecule is Cc1ccc(OC2C=CCCC2)c([C@H](C)N)c1. The molecule has 1 aromatic rings. The molecule has 92 valence electrons. The lowest BCUT2D eigenvalue weighted by atomic mass is 10.0. The summed E-state index contributed by atoms with van der Waals surface area (Å²) in [6.45, 7) is 4.08. The van der Waals surface area contributed by atoms with Crippen LogP contribution in [0.5, 0.6) is 5.75 Å². The summed E-state index contributed by atoms with van der Waals surface area (Å²) in [6.07, 6.45) is 8.06. The van der Waals surface area contributed by atoms with E-state index in [9.17, 15) is 0 Å². The molecule has 17 heavy (non-hydrogen) atoms. The molecule has 1 aromatic carbocycles. The van der Waals surface area contributed by atoms with Crippen LogP contribution in [-0.2, 0) is 0 Å². The molecular weight excluding hydrogens is 210 g/mol. The van der Waals surface area contributed by atoms with Gasteiger partial charge in [0.1, 0.15) is 11.9 Å². The predicted octanol–water partition coefficient (Wildman–Crippen LogP) is 3.50. The summed E-state index contributed by atoms with van der Waals surface area (Å²) in [5, 5.41) is 0. The third-order valence-corrected chi connectivity index (χ3v) is 3.14. The number of benzene rings is 1. The van der Waals surface area contributed by atoms with Crippen molar-refractivity contribution in [3.05, 3.63) is 41.5 Å². The van der Waals surface area contributed by atoms with Gasteiger partial charge in [0.15, 0.2) is 0 Å². The maximum atomic E-state index is 6.04. The summed E-state index contributed by atoms with van der Waals surface area (Å²) in [5.41, 5.74) is 8.32. The van der Waals surface area contributed by atoms with Crippen molar-refractivity contribution in [1.29, 1.82) is 0 Å². The molecule has 0 aromatic heterocycles. The van der Waals surface area contributed by atoms with E-state index in [4.69, 9.17) is 10.5 Å². The Bertz CT molecular complexity index is 409. The minimum Gasteiger partial charge on any atom is -0.486 e. The summed E-state index contributed by atoms with van der Waals surface area (Å²) in [5.74, 6) is 0.933. The molecule has 2 heteroatoms. The second-order valence-electron chi connectivity index (χ2n) is 4.85. The van der Waals surface area contributed by atoms with Gasteiger partial charge in [-0.05, 0) is 45.3 Å². The number of rotatable bonds is 3. The molecule has 1 unspecified atom stereocenters. The zero-order chi connectivity index (χ0) is 12.3. The number of ether oxygens (including phenoxy) is 1. The highest BCUT2D eigenvalue weighted by atomic mass is 16.5. The van der Waals surface area contributed by atoms with Gasteiger partial charge in [-0.2, -0.15) is 0 Å². The fourth-order valence-corrected chi connectivity index (χ4v) is 2.17. The summed E-state index contributed by atoms with van der Waals surface area (Å²) in [7, 11) is 0. The molecule has 2 rings (SSSR count). The highest BCUT2D eigenvalue weighted by molar-refractivity contribution is 5.39. The van der Waals surface area contributed by atoms with Crippen LogP contribution < -0.4 is 10.5 Å². The van der Waals surface area contributed by atoms with Crippen LogP contribution in [0, 0.1) is 6.92 Å². The first-order valence-electron chi connectivity index (χ1n) is 6.36. The van der Waals surface area contributed by atoms with Crippen molar-refractivity contribution in [2.24, 2.45) is 5.73 Å². The first kappa shape index (κ1) is 12.2. The highest BCUT2D eigenvalue weighted by Gasteiger charge is 2.14. The maximum Gasteiger partial charge on any atom is 0.124 e. The molecule has 0 saturated heterocycles. The minimum atomic E-state index is 0.0115. The standard InChI is InChI=1S/C15H21NO/c1-11-8-9-15(14(10-11)12(2)16)17-13-6-4-3-5-7-13/h4,6,8-10,12-13H,3,5,7,16H2,1-2H3/t12-,13?/m0/s1. The van der Waals surface area contributed by atoms with Crippen LogP contribution in [0.4, 0.5) is 0 Å². The quantitative estimate of drug-likeness (QED) is 0.808. The second-order valence-corrected chi connectivity index (χ2v) is 4.85. The van der Waals surface area contributed by atoms with Gasteiger partial charge < -0.3 is 10.5 Å². The number of hydrogen-bond donors (Lipinski definition) is 1. The van der Waals surface area contributed by atoms with Crippen molar-refractivity contribution in [3.63, 3.8) is 0 Å². The van der Waals surface area contributed by atoms with E-state index >= 15 is 0 Å².